The molecule has 2 heterocycles. The molecular weight excluding hydrogens is 452 g/mol. The van der Waals surface area contributed by atoms with E-state index in [0.717, 1.165) is 12.1 Å². The van der Waals surface area contributed by atoms with E-state index >= 15 is 0 Å². The van der Waals surface area contributed by atoms with Gasteiger partial charge in [0.15, 0.2) is 0 Å². The summed E-state index contributed by atoms with van der Waals surface area (Å²) in [4.78, 5) is 15.4. The summed E-state index contributed by atoms with van der Waals surface area (Å²) in [6, 6.07) is 8.66. The number of aromatic nitrogens is 1. The molecular formula is C22H17Cl2F3N2O2. The van der Waals surface area contributed by atoms with Crippen LogP contribution in [0.1, 0.15) is 22.3 Å². The van der Waals surface area contributed by atoms with Gasteiger partial charge in [-0.3, -0.25) is 9.36 Å². The highest BCUT2D eigenvalue weighted by Gasteiger charge is 2.31. The smallest absolute Gasteiger partial charge is 0.406 e. The number of nitrogens with zero attached hydrogens (tertiary/aromatic N) is 2. The number of carbonyl (C=O) groups excluding carboxylic acids is 1. The van der Waals surface area contributed by atoms with Crippen LogP contribution in [-0.4, -0.2) is 41.9 Å². The Morgan fingerprint density at radius 3 is 2.45 bits per heavy atom. The topological polar surface area (TPSA) is 34.5 Å². The first-order valence-corrected chi connectivity index (χ1v) is 10.2. The molecule has 4 rings (SSSR count). The average Bonchev–Trinajstić information content (AvgIpc) is 3.06. The van der Waals surface area contributed by atoms with E-state index in [2.05, 4.69) is 9.64 Å². The minimum absolute atomic E-state index is 0.127. The fraction of sp³-hybridized carbons (Fsp3) is 0.227. The number of carbonyl (C=O) groups is 1. The third-order valence-corrected chi connectivity index (χ3v) is 5.79. The SMILES string of the molecule is CN1CC=C(c2cn(C(=O)c3c(Cl)cccc3Cl)c3ccc(OC(F)(F)F)cc23)CC1. The molecule has 0 amide bonds. The summed E-state index contributed by atoms with van der Waals surface area (Å²) in [5, 5.41) is 0.863. The van der Waals surface area contributed by atoms with E-state index in [-0.39, 0.29) is 21.4 Å². The molecule has 31 heavy (non-hydrogen) atoms. The van der Waals surface area contributed by atoms with Gasteiger partial charge in [0.2, 0.25) is 0 Å². The van der Waals surface area contributed by atoms with Gasteiger partial charge in [-0.1, -0.05) is 35.3 Å². The van der Waals surface area contributed by atoms with Crippen molar-refractivity contribution in [2.24, 2.45) is 0 Å². The van der Waals surface area contributed by atoms with Gasteiger partial charge in [0.1, 0.15) is 5.75 Å². The quantitative estimate of drug-likeness (QED) is 0.455. The Morgan fingerprint density at radius 1 is 1.13 bits per heavy atom. The monoisotopic (exact) mass is 468 g/mol. The minimum Gasteiger partial charge on any atom is -0.406 e. The maximum Gasteiger partial charge on any atom is 0.573 e. The van der Waals surface area contributed by atoms with Crippen LogP contribution >= 0.6 is 23.2 Å². The van der Waals surface area contributed by atoms with Gasteiger partial charge in [-0.05, 0) is 49.4 Å². The Hall–Kier alpha value is -2.48. The largest absolute Gasteiger partial charge is 0.573 e. The molecule has 0 bridgehead atoms. The number of alkyl halides is 3. The minimum atomic E-state index is -4.82. The normalized spacial score (nSPS) is 15.2. The lowest BCUT2D eigenvalue weighted by Gasteiger charge is -2.21. The Bertz CT molecular complexity index is 1180. The molecule has 9 heteroatoms. The first-order valence-electron chi connectivity index (χ1n) is 9.41. The van der Waals surface area contributed by atoms with Crippen molar-refractivity contribution in [2.75, 3.05) is 20.1 Å². The van der Waals surface area contributed by atoms with Gasteiger partial charge in [0.25, 0.3) is 5.91 Å². The molecule has 162 valence electrons. The summed E-state index contributed by atoms with van der Waals surface area (Å²) >= 11 is 12.4. The second kappa shape index (κ2) is 8.22. The zero-order valence-electron chi connectivity index (χ0n) is 16.3. The van der Waals surface area contributed by atoms with Crippen molar-refractivity contribution in [2.45, 2.75) is 12.8 Å². The third kappa shape index (κ3) is 4.44. The number of hydrogen-bond acceptors (Lipinski definition) is 3. The first-order chi connectivity index (χ1) is 14.6. The van der Waals surface area contributed by atoms with Gasteiger partial charge < -0.3 is 9.64 Å². The van der Waals surface area contributed by atoms with Gasteiger partial charge >= 0.3 is 6.36 Å². The highest BCUT2D eigenvalue weighted by Crippen LogP contribution is 2.36. The molecule has 0 aliphatic carbocycles. The molecule has 3 aromatic rings. The van der Waals surface area contributed by atoms with Crippen molar-refractivity contribution in [3.05, 3.63) is 69.8 Å². The molecule has 0 saturated heterocycles. The van der Waals surface area contributed by atoms with Crippen molar-refractivity contribution < 1.29 is 22.7 Å². The summed E-state index contributed by atoms with van der Waals surface area (Å²) in [5.41, 5.74) is 2.18. The van der Waals surface area contributed by atoms with Crippen LogP contribution in [0.3, 0.4) is 0 Å². The van der Waals surface area contributed by atoms with Crippen LogP contribution in [0.25, 0.3) is 16.5 Å². The molecule has 0 radical (unpaired) electrons. The lowest BCUT2D eigenvalue weighted by molar-refractivity contribution is -0.274. The molecule has 0 saturated carbocycles. The molecule has 0 fully saturated rings. The van der Waals surface area contributed by atoms with Gasteiger partial charge in [-0.25, -0.2) is 0 Å². The van der Waals surface area contributed by atoms with Crippen molar-refractivity contribution >= 4 is 45.6 Å². The zero-order chi connectivity index (χ0) is 22.3. The van der Waals surface area contributed by atoms with E-state index in [9.17, 15) is 18.0 Å². The van der Waals surface area contributed by atoms with E-state index in [1.807, 2.05) is 13.1 Å². The third-order valence-electron chi connectivity index (χ3n) is 5.16. The number of halogens is 5. The predicted octanol–water partition coefficient (Wildman–Crippen LogP) is 6.25. The van der Waals surface area contributed by atoms with Crippen molar-refractivity contribution in [3.8, 4) is 5.75 Å². The van der Waals surface area contributed by atoms with E-state index < -0.39 is 12.3 Å². The van der Waals surface area contributed by atoms with E-state index in [0.29, 0.717) is 29.4 Å². The van der Waals surface area contributed by atoms with Crippen molar-refractivity contribution in [1.29, 1.82) is 0 Å². The maximum absolute atomic E-state index is 13.3. The number of fused-ring (bicyclic) bond motifs is 1. The van der Waals surface area contributed by atoms with E-state index in [1.165, 1.54) is 22.8 Å². The fourth-order valence-electron chi connectivity index (χ4n) is 3.67. The Labute approximate surface area is 186 Å². The highest BCUT2D eigenvalue weighted by molar-refractivity contribution is 6.40. The number of ether oxygens (including phenoxy) is 1. The maximum atomic E-state index is 13.3. The molecule has 0 atom stereocenters. The van der Waals surface area contributed by atoms with Crippen LogP contribution in [-0.2, 0) is 0 Å². The van der Waals surface area contributed by atoms with Gasteiger partial charge in [-0.2, -0.15) is 0 Å². The number of hydrogen-bond donors (Lipinski definition) is 0. The molecule has 1 aliphatic heterocycles. The second-order valence-electron chi connectivity index (χ2n) is 7.28. The molecule has 0 unspecified atom stereocenters. The average molecular weight is 469 g/mol. The van der Waals surface area contributed by atoms with Gasteiger partial charge in [-0.15, -0.1) is 13.2 Å². The summed E-state index contributed by atoms with van der Waals surface area (Å²) in [6.07, 6.45) is -0.487. The lowest BCUT2D eigenvalue weighted by atomic mass is 9.99. The molecule has 1 aliphatic rings. The summed E-state index contributed by atoms with van der Waals surface area (Å²) in [7, 11) is 1.98. The molecule has 0 N–H and O–H groups in total. The van der Waals surface area contributed by atoms with Crippen LogP contribution < -0.4 is 4.74 Å². The fourth-order valence-corrected chi connectivity index (χ4v) is 4.23. The van der Waals surface area contributed by atoms with Crippen molar-refractivity contribution in [1.82, 2.24) is 9.47 Å². The second-order valence-corrected chi connectivity index (χ2v) is 8.10. The molecule has 2 aromatic carbocycles. The Kier molecular flexibility index (Phi) is 5.77. The lowest BCUT2D eigenvalue weighted by Crippen LogP contribution is -2.23. The number of benzene rings is 2. The Balaban J connectivity index is 1.89. The van der Waals surface area contributed by atoms with Gasteiger partial charge in [0, 0.05) is 30.2 Å². The zero-order valence-corrected chi connectivity index (χ0v) is 17.9. The van der Waals surface area contributed by atoms with Crippen LogP contribution in [0.4, 0.5) is 13.2 Å². The van der Waals surface area contributed by atoms with Gasteiger partial charge in [0.05, 0.1) is 21.1 Å². The summed E-state index contributed by atoms with van der Waals surface area (Å²) in [6.45, 7) is 1.49. The highest BCUT2D eigenvalue weighted by atomic mass is 35.5. The van der Waals surface area contributed by atoms with E-state index in [4.69, 9.17) is 23.2 Å². The number of likely N-dealkylation sites (N-methyl/N-ethyl adjacent to an activating group) is 1. The van der Waals surface area contributed by atoms with Crippen LogP contribution in [0.15, 0.2) is 48.7 Å². The van der Waals surface area contributed by atoms with Crippen LogP contribution in [0, 0.1) is 0 Å². The molecule has 1 aromatic heterocycles. The molecule has 4 nitrogen and oxygen atoms in total. The van der Waals surface area contributed by atoms with Crippen molar-refractivity contribution in [3.63, 3.8) is 0 Å². The summed E-state index contributed by atoms with van der Waals surface area (Å²) < 4.78 is 43.7. The van der Waals surface area contributed by atoms with Crippen LogP contribution in [0.2, 0.25) is 10.0 Å². The Morgan fingerprint density at radius 2 is 1.84 bits per heavy atom. The number of rotatable bonds is 3. The summed E-state index contributed by atoms with van der Waals surface area (Å²) in [5.74, 6) is -0.819. The first kappa shape index (κ1) is 21.7. The van der Waals surface area contributed by atoms with E-state index in [1.54, 1.807) is 24.4 Å². The van der Waals surface area contributed by atoms with Crippen LogP contribution in [0.5, 0.6) is 5.75 Å². The molecule has 0 spiro atoms. The predicted molar refractivity (Wildman–Crippen MR) is 115 cm³/mol. The standard InChI is InChI=1S/C22H17Cl2F3N2O2/c1-28-9-7-13(8-10-28)16-12-29(21(30)20-17(23)3-2-4-18(20)24)19-6-5-14(11-15(16)19)31-22(25,26)27/h2-7,11-12H,8-10H2,1H3.